The average molecular weight is 252 g/mol. The van der Waals surface area contributed by atoms with Crippen molar-refractivity contribution in [1.29, 1.82) is 0 Å². The smallest absolute Gasteiger partial charge is 0.251 e. The fourth-order valence-corrected chi connectivity index (χ4v) is 1.34. The second-order valence-corrected chi connectivity index (χ2v) is 5.35. The summed E-state index contributed by atoms with van der Waals surface area (Å²) in [6, 6.07) is 4.38. The molecule has 1 rings (SSSR count). The maximum Gasteiger partial charge on any atom is 0.251 e. The summed E-state index contributed by atoms with van der Waals surface area (Å²) in [6.07, 6.45) is 0. The highest BCUT2D eigenvalue weighted by atomic mass is 19.1. The Morgan fingerprint density at radius 2 is 2.00 bits per heavy atom. The number of rotatable bonds is 4. The number of likely N-dealkylation sites (N-methyl/N-ethyl adjacent to an activating group) is 1. The van der Waals surface area contributed by atoms with Crippen molar-refractivity contribution < 1.29 is 9.18 Å². The number of aryl methyl sites for hydroxylation is 1. The standard InChI is InChI=1S/C14H21FN2O/c1-10-8-11(6-7-12(10)15)13(18)16-9-14(2,3)17(4)5/h6-8H,9H2,1-5H3,(H,16,18). The van der Waals surface area contributed by atoms with Crippen LogP contribution in [0.2, 0.25) is 0 Å². The number of nitrogens with zero attached hydrogens (tertiary/aromatic N) is 1. The fourth-order valence-electron chi connectivity index (χ4n) is 1.34. The van der Waals surface area contributed by atoms with Crippen LogP contribution in [-0.4, -0.2) is 37.0 Å². The minimum absolute atomic E-state index is 0.120. The van der Waals surface area contributed by atoms with Crippen molar-refractivity contribution in [3.05, 3.63) is 35.1 Å². The summed E-state index contributed by atoms with van der Waals surface area (Å²) in [5.74, 6) is -0.465. The zero-order valence-corrected chi connectivity index (χ0v) is 11.7. The normalized spacial score (nSPS) is 11.7. The Hall–Kier alpha value is -1.42. The number of hydrogen-bond acceptors (Lipinski definition) is 2. The molecule has 1 aromatic rings. The molecule has 0 heterocycles. The minimum Gasteiger partial charge on any atom is -0.350 e. The molecule has 1 aromatic carbocycles. The highest BCUT2D eigenvalue weighted by Crippen LogP contribution is 2.11. The third-order valence-corrected chi connectivity index (χ3v) is 3.31. The Labute approximate surface area is 108 Å². The van der Waals surface area contributed by atoms with E-state index in [4.69, 9.17) is 0 Å². The van der Waals surface area contributed by atoms with E-state index in [1.54, 1.807) is 13.0 Å². The van der Waals surface area contributed by atoms with Crippen molar-refractivity contribution >= 4 is 5.91 Å². The first kappa shape index (κ1) is 14.6. The number of nitrogens with one attached hydrogen (secondary N) is 1. The maximum atomic E-state index is 13.1. The highest BCUT2D eigenvalue weighted by Gasteiger charge is 2.21. The predicted molar refractivity (Wildman–Crippen MR) is 71.2 cm³/mol. The van der Waals surface area contributed by atoms with Crippen molar-refractivity contribution in [2.45, 2.75) is 26.3 Å². The largest absolute Gasteiger partial charge is 0.350 e. The van der Waals surface area contributed by atoms with Crippen molar-refractivity contribution in [1.82, 2.24) is 10.2 Å². The first-order valence-electron chi connectivity index (χ1n) is 5.96. The van der Waals surface area contributed by atoms with Crippen LogP contribution in [0.4, 0.5) is 4.39 Å². The average Bonchev–Trinajstić information content (AvgIpc) is 2.29. The van der Waals surface area contributed by atoms with Crippen LogP contribution in [0.25, 0.3) is 0 Å². The number of hydrogen-bond donors (Lipinski definition) is 1. The van der Waals surface area contributed by atoms with Crippen LogP contribution >= 0.6 is 0 Å². The lowest BCUT2D eigenvalue weighted by Gasteiger charge is -2.32. The topological polar surface area (TPSA) is 32.3 Å². The van der Waals surface area contributed by atoms with Gasteiger partial charge < -0.3 is 10.2 Å². The molecular weight excluding hydrogens is 231 g/mol. The third-order valence-electron chi connectivity index (χ3n) is 3.31. The zero-order chi connectivity index (χ0) is 13.9. The molecular formula is C14H21FN2O. The Balaban J connectivity index is 2.69. The predicted octanol–water partition coefficient (Wildman–Crippen LogP) is 2.20. The quantitative estimate of drug-likeness (QED) is 0.891. The van der Waals surface area contributed by atoms with Crippen molar-refractivity contribution in [2.24, 2.45) is 0 Å². The minimum atomic E-state index is -0.292. The number of carbonyl (C=O) groups is 1. The van der Waals surface area contributed by atoms with Crippen LogP contribution in [0.15, 0.2) is 18.2 Å². The first-order valence-corrected chi connectivity index (χ1v) is 5.96. The molecule has 0 atom stereocenters. The van der Waals surface area contributed by atoms with Gasteiger partial charge in [-0.15, -0.1) is 0 Å². The molecule has 0 spiro atoms. The van der Waals surface area contributed by atoms with Crippen molar-refractivity contribution in [3.8, 4) is 0 Å². The summed E-state index contributed by atoms with van der Waals surface area (Å²) in [4.78, 5) is 14.0. The van der Waals surface area contributed by atoms with Crippen LogP contribution in [0, 0.1) is 12.7 Å². The number of carbonyl (C=O) groups excluding carboxylic acids is 1. The van der Waals surface area contributed by atoms with E-state index in [-0.39, 0.29) is 17.3 Å². The fraction of sp³-hybridized carbons (Fsp3) is 0.500. The summed E-state index contributed by atoms with van der Waals surface area (Å²) in [5, 5.41) is 2.86. The monoisotopic (exact) mass is 252 g/mol. The molecule has 18 heavy (non-hydrogen) atoms. The Kier molecular flexibility index (Phi) is 4.46. The summed E-state index contributed by atoms with van der Waals surface area (Å²) < 4.78 is 13.1. The lowest BCUT2D eigenvalue weighted by molar-refractivity contribution is 0.0919. The molecule has 0 saturated heterocycles. The second kappa shape index (κ2) is 5.48. The van der Waals surface area contributed by atoms with E-state index in [1.807, 2.05) is 32.8 Å². The lowest BCUT2D eigenvalue weighted by atomic mass is 10.0. The van der Waals surface area contributed by atoms with Gasteiger partial charge in [-0.2, -0.15) is 0 Å². The Bertz CT molecular complexity index is 441. The van der Waals surface area contributed by atoms with Crippen molar-refractivity contribution in [2.75, 3.05) is 20.6 Å². The summed E-state index contributed by atoms with van der Waals surface area (Å²) in [5.41, 5.74) is 0.850. The van der Waals surface area contributed by atoms with Crippen molar-refractivity contribution in [3.63, 3.8) is 0 Å². The molecule has 0 bridgehead atoms. The van der Waals surface area contributed by atoms with E-state index in [0.29, 0.717) is 17.7 Å². The number of amides is 1. The van der Waals surface area contributed by atoms with Gasteiger partial charge in [0, 0.05) is 17.6 Å². The zero-order valence-electron chi connectivity index (χ0n) is 11.7. The molecule has 0 aromatic heterocycles. The maximum absolute atomic E-state index is 13.1. The number of halogens is 1. The first-order chi connectivity index (χ1) is 8.24. The van der Waals surface area contributed by atoms with Gasteiger partial charge in [-0.25, -0.2) is 4.39 Å². The highest BCUT2D eigenvalue weighted by molar-refractivity contribution is 5.94. The molecule has 0 aliphatic carbocycles. The Morgan fingerprint density at radius 3 is 2.50 bits per heavy atom. The van der Waals surface area contributed by atoms with Crippen LogP contribution in [-0.2, 0) is 0 Å². The van der Waals surface area contributed by atoms with Crippen LogP contribution < -0.4 is 5.32 Å². The molecule has 100 valence electrons. The molecule has 3 nitrogen and oxygen atoms in total. The van der Waals surface area contributed by atoms with E-state index >= 15 is 0 Å². The van der Waals surface area contributed by atoms with E-state index in [1.165, 1.54) is 12.1 Å². The summed E-state index contributed by atoms with van der Waals surface area (Å²) in [6.45, 7) is 6.28. The van der Waals surface area contributed by atoms with Gasteiger partial charge in [0.25, 0.3) is 5.91 Å². The van der Waals surface area contributed by atoms with E-state index in [9.17, 15) is 9.18 Å². The molecule has 1 amide bonds. The van der Waals surface area contributed by atoms with Gasteiger partial charge in [-0.05, 0) is 58.6 Å². The van der Waals surface area contributed by atoms with Gasteiger partial charge in [-0.3, -0.25) is 4.79 Å². The SMILES string of the molecule is Cc1cc(C(=O)NCC(C)(C)N(C)C)ccc1F. The number of benzene rings is 1. The molecule has 0 aliphatic heterocycles. The molecule has 0 radical (unpaired) electrons. The van der Waals surface area contributed by atoms with Crippen LogP contribution in [0.3, 0.4) is 0 Å². The van der Waals surface area contributed by atoms with Gasteiger partial charge in [0.15, 0.2) is 0 Å². The summed E-state index contributed by atoms with van der Waals surface area (Å²) in [7, 11) is 3.93. The van der Waals surface area contributed by atoms with Gasteiger partial charge >= 0.3 is 0 Å². The van der Waals surface area contributed by atoms with Gasteiger partial charge in [0.05, 0.1) is 0 Å². The van der Waals surface area contributed by atoms with Crippen LogP contribution in [0.1, 0.15) is 29.8 Å². The Morgan fingerprint density at radius 1 is 1.39 bits per heavy atom. The van der Waals surface area contributed by atoms with E-state index < -0.39 is 0 Å². The van der Waals surface area contributed by atoms with Gasteiger partial charge in [0.1, 0.15) is 5.82 Å². The second-order valence-electron chi connectivity index (χ2n) is 5.35. The molecule has 4 heteroatoms. The third kappa shape index (κ3) is 3.53. The lowest BCUT2D eigenvalue weighted by Crippen LogP contribution is -2.48. The van der Waals surface area contributed by atoms with Crippen LogP contribution in [0.5, 0.6) is 0 Å². The van der Waals surface area contributed by atoms with E-state index in [2.05, 4.69) is 5.32 Å². The van der Waals surface area contributed by atoms with E-state index in [0.717, 1.165) is 0 Å². The van der Waals surface area contributed by atoms with Gasteiger partial charge in [-0.1, -0.05) is 0 Å². The molecule has 0 unspecified atom stereocenters. The molecule has 0 aliphatic rings. The molecule has 1 N–H and O–H groups in total. The molecule has 0 saturated carbocycles. The molecule has 0 fully saturated rings. The van der Waals surface area contributed by atoms with Gasteiger partial charge in [0.2, 0.25) is 0 Å². The summed E-state index contributed by atoms with van der Waals surface area (Å²) >= 11 is 0.